The van der Waals surface area contributed by atoms with Gasteiger partial charge in [0.25, 0.3) is 5.69 Å². The number of benzene rings is 1. The van der Waals surface area contributed by atoms with Gasteiger partial charge in [-0.25, -0.2) is 0 Å². The molecule has 1 aromatic heterocycles. The van der Waals surface area contributed by atoms with Crippen molar-refractivity contribution in [2.75, 3.05) is 5.73 Å². The minimum Gasteiger partial charge on any atom is -0.396 e. The van der Waals surface area contributed by atoms with E-state index in [0.717, 1.165) is 18.5 Å². The molecule has 0 bridgehead atoms. The lowest BCUT2D eigenvalue weighted by Crippen LogP contribution is -1.96. The van der Waals surface area contributed by atoms with Crippen LogP contribution in [0.2, 0.25) is 0 Å². The van der Waals surface area contributed by atoms with Crippen molar-refractivity contribution in [1.82, 2.24) is 9.78 Å². The number of anilines is 1. The van der Waals surface area contributed by atoms with Crippen molar-refractivity contribution in [2.24, 2.45) is 0 Å². The Labute approximate surface area is 104 Å². The van der Waals surface area contributed by atoms with E-state index in [4.69, 9.17) is 5.73 Å². The predicted octanol–water partition coefficient (Wildman–Crippen LogP) is 2.45. The molecule has 6 heteroatoms. The molecule has 6 nitrogen and oxygen atoms in total. The Morgan fingerprint density at radius 2 is 2.06 bits per heavy atom. The van der Waals surface area contributed by atoms with E-state index in [1.165, 1.54) is 12.1 Å². The number of aromatic nitrogens is 2. The molecule has 0 aliphatic heterocycles. The summed E-state index contributed by atoms with van der Waals surface area (Å²) in [6, 6.07) is 6.22. The summed E-state index contributed by atoms with van der Waals surface area (Å²) in [5.74, 6) is 0. The summed E-state index contributed by atoms with van der Waals surface area (Å²) < 4.78 is 1.78. The van der Waals surface area contributed by atoms with Crippen LogP contribution in [0.3, 0.4) is 0 Å². The van der Waals surface area contributed by atoms with Gasteiger partial charge in [-0.15, -0.1) is 0 Å². The number of nitrogens with zero attached hydrogens (tertiary/aromatic N) is 3. The second-order valence-corrected chi connectivity index (χ2v) is 4.00. The summed E-state index contributed by atoms with van der Waals surface area (Å²) in [5, 5.41) is 14.9. The second kappa shape index (κ2) is 4.87. The van der Waals surface area contributed by atoms with Crippen LogP contribution in [0.15, 0.2) is 30.5 Å². The van der Waals surface area contributed by atoms with E-state index < -0.39 is 4.92 Å². The number of non-ortho nitro benzene ring substituents is 1. The zero-order chi connectivity index (χ0) is 13.1. The van der Waals surface area contributed by atoms with Crippen LogP contribution >= 0.6 is 0 Å². The highest BCUT2D eigenvalue weighted by Crippen LogP contribution is 2.25. The van der Waals surface area contributed by atoms with Crippen molar-refractivity contribution >= 4 is 11.4 Å². The van der Waals surface area contributed by atoms with Gasteiger partial charge < -0.3 is 5.73 Å². The van der Waals surface area contributed by atoms with Gasteiger partial charge in [-0.1, -0.05) is 6.92 Å². The van der Waals surface area contributed by atoms with Crippen LogP contribution in [0.5, 0.6) is 0 Å². The molecule has 0 unspecified atom stereocenters. The molecule has 2 N–H and O–H groups in total. The van der Waals surface area contributed by atoms with E-state index in [1.807, 2.05) is 0 Å². The number of nitrogens with two attached hydrogens (primary N) is 1. The molecule has 2 aromatic rings. The average molecular weight is 246 g/mol. The molecule has 1 heterocycles. The van der Waals surface area contributed by atoms with Gasteiger partial charge >= 0.3 is 0 Å². The van der Waals surface area contributed by atoms with Gasteiger partial charge in [0.2, 0.25) is 0 Å². The molecular weight excluding hydrogens is 232 g/mol. The molecule has 94 valence electrons. The van der Waals surface area contributed by atoms with Crippen LogP contribution in [-0.4, -0.2) is 14.7 Å². The van der Waals surface area contributed by atoms with E-state index in [2.05, 4.69) is 12.0 Å². The zero-order valence-corrected chi connectivity index (χ0v) is 10.0. The Hall–Kier alpha value is -2.37. The Morgan fingerprint density at radius 1 is 1.39 bits per heavy atom. The van der Waals surface area contributed by atoms with Gasteiger partial charge in [0, 0.05) is 30.4 Å². The number of hydrogen-bond donors (Lipinski definition) is 1. The van der Waals surface area contributed by atoms with Crippen LogP contribution in [-0.2, 0) is 6.54 Å². The highest BCUT2D eigenvalue weighted by Gasteiger charge is 2.10. The third-order valence-corrected chi connectivity index (χ3v) is 2.59. The van der Waals surface area contributed by atoms with Gasteiger partial charge in [-0.05, 0) is 18.6 Å². The summed E-state index contributed by atoms with van der Waals surface area (Å²) in [7, 11) is 0. The normalized spacial score (nSPS) is 10.5. The van der Waals surface area contributed by atoms with Crippen molar-refractivity contribution in [3.63, 3.8) is 0 Å². The fourth-order valence-electron chi connectivity index (χ4n) is 1.75. The third-order valence-electron chi connectivity index (χ3n) is 2.59. The molecule has 0 aliphatic carbocycles. The Balaban J connectivity index is 2.33. The van der Waals surface area contributed by atoms with Gasteiger partial charge in [0.15, 0.2) is 0 Å². The zero-order valence-electron chi connectivity index (χ0n) is 10.0. The van der Waals surface area contributed by atoms with E-state index in [1.54, 1.807) is 23.0 Å². The minimum absolute atomic E-state index is 0.0605. The first-order chi connectivity index (χ1) is 8.61. The first-order valence-corrected chi connectivity index (χ1v) is 5.69. The van der Waals surface area contributed by atoms with Crippen molar-refractivity contribution in [2.45, 2.75) is 19.9 Å². The van der Waals surface area contributed by atoms with Crippen LogP contribution in [0.25, 0.3) is 11.3 Å². The number of nitrogen functional groups attached to an aromatic ring is 1. The summed E-state index contributed by atoms with van der Waals surface area (Å²) in [5.41, 5.74) is 7.98. The fourth-order valence-corrected chi connectivity index (χ4v) is 1.75. The van der Waals surface area contributed by atoms with Crippen LogP contribution in [0.1, 0.15) is 13.3 Å². The van der Waals surface area contributed by atoms with E-state index in [9.17, 15) is 10.1 Å². The van der Waals surface area contributed by atoms with Gasteiger partial charge in [0.05, 0.1) is 10.6 Å². The topological polar surface area (TPSA) is 87.0 Å². The molecule has 0 saturated heterocycles. The molecule has 0 aliphatic rings. The molecule has 0 spiro atoms. The Morgan fingerprint density at radius 3 is 2.61 bits per heavy atom. The SMILES string of the molecule is CCCn1cc(N)c(-c2ccc([N+](=O)[O-])cc2)n1. The van der Waals surface area contributed by atoms with E-state index >= 15 is 0 Å². The molecular formula is C12H14N4O2. The number of aryl methyl sites for hydroxylation is 1. The highest BCUT2D eigenvalue weighted by molar-refractivity contribution is 5.72. The van der Waals surface area contributed by atoms with Crippen molar-refractivity contribution in [3.8, 4) is 11.3 Å². The molecule has 0 radical (unpaired) electrons. The van der Waals surface area contributed by atoms with Crippen molar-refractivity contribution in [3.05, 3.63) is 40.6 Å². The van der Waals surface area contributed by atoms with Crippen molar-refractivity contribution < 1.29 is 4.92 Å². The maximum Gasteiger partial charge on any atom is 0.269 e. The number of nitro benzene ring substituents is 1. The molecule has 0 fully saturated rings. The molecule has 2 rings (SSSR count). The summed E-state index contributed by atoms with van der Waals surface area (Å²) in [4.78, 5) is 10.1. The van der Waals surface area contributed by atoms with E-state index in [0.29, 0.717) is 11.4 Å². The predicted molar refractivity (Wildman–Crippen MR) is 69.0 cm³/mol. The number of hydrogen-bond acceptors (Lipinski definition) is 4. The Kier molecular flexibility index (Phi) is 3.27. The number of rotatable bonds is 4. The molecule has 0 atom stereocenters. The number of nitro groups is 1. The molecule has 18 heavy (non-hydrogen) atoms. The third kappa shape index (κ3) is 2.32. The molecule has 0 saturated carbocycles. The summed E-state index contributed by atoms with van der Waals surface area (Å²) in [6.07, 6.45) is 2.75. The van der Waals surface area contributed by atoms with Crippen LogP contribution in [0.4, 0.5) is 11.4 Å². The largest absolute Gasteiger partial charge is 0.396 e. The van der Waals surface area contributed by atoms with Gasteiger partial charge in [0.1, 0.15) is 5.69 Å². The lowest BCUT2D eigenvalue weighted by molar-refractivity contribution is -0.384. The summed E-state index contributed by atoms with van der Waals surface area (Å²) >= 11 is 0. The Bertz CT molecular complexity index is 560. The van der Waals surface area contributed by atoms with Crippen molar-refractivity contribution in [1.29, 1.82) is 0 Å². The van der Waals surface area contributed by atoms with Crippen LogP contribution < -0.4 is 5.73 Å². The maximum absolute atomic E-state index is 10.6. The van der Waals surface area contributed by atoms with Crippen LogP contribution in [0, 0.1) is 10.1 Å². The highest BCUT2D eigenvalue weighted by atomic mass is 16.6. The van der Waals surface area contributed by atoms with Gasteiger partial charge in [-0.2, -0.15) is 5.10 Å². The second-order valence-electron chi connectivity index (χ2n) is 4.00. The average Bonchev–Trinajstić information content (AvgIpc) is 2.71. The maximum atomic E-state index is 10.6. The lowest BCUT2D eigenvalue weighted by Gasteiger charge is -1.98. The molecule has 1 aromatic carbocycles. The van der Waals surface area contributed by atoms with E-state index in [-0.39, 0.29) is 5.69 Å². The fraction of sp³-hybridized carbons (Fsp3) is 0.250. The minimum atomic E-state index is -0.428. The first-order valence-electron chi connectivity index (χ1n) is 5.69. The lowest BCUT2D eigenvalue weighted by atomic mass is 10.1. The quantitative estimate of drug-likeness (QED) is 0.663. The standard InChI is InChI=1S/C12H14N4O2/c1-2-7-15-8-11(13)12(14-15)9-3-5-10(6-4-9)16(17)18/h3-6,8H,2,7,13H2,1H3. The summed E-state index contributed by atoms with van der Waals surface area (Å²) in [6.45, 7) is 2.86. The molecule has 0 amide bonds. The van der Waals surface area contributed by atoms with Gasteiger partial charge in [-0.3, -0.25) is 14.8 Å². The smallest absolute Gasteiger partial charge is 0.269 e. The monoisotopic (exact) mass is 246 g/mol. The first kappa shape index (κ1) is 12.1.